The van der Waals surface area contributed by atoms with Gasteiger partial charge in [-0.3, -0.25) is 9.69 Å². The zero-order valence-corrected chi connectivity index (χ0v) is 14.5. The van der Waals surface area contributed by atoms with Gasteiger partial charge in [0, 0.05) is 32.6 Å². The average molecular weight is 297 g/mol. The summed E-state index contributed by atoms with van der Waals surface area (Å²) in [6, 6.07) is 0. The number of nitrogens with two attached hydrogens (primary N) is 1. The Morgan fingerprint density at radius 1 is 1.24 bits per heavy atom. The van der Waals surface area contributed by atoms with Crippen molar-refractivity contribution in [2.45, 2.75) is 64.3 Å². The summed E-state index contributed by atoms with van der Waals surface area (Å²) in [6.45, 7) is 7.29. The monoisotopic (exact) mass is 297 g/mol. The van der Waals surface area contributed by atoms with Crippen LogP contribution in [0.3, 0.4) is 0 Å². The van der Waals surface area contributed by atoms with E-state index in [-0.39, 0.29) is 11.4 Å². The zero-order chi connectivity index (χ0) is 15.9. The van der Waals surface area contributed by atoms with E-state index in [1.54, 1.807) is 4.90 Å². The molecule has 0 bridgehead atoms. The molecule has 1 amide bonds. The van der Waals surface area contributed by atoms with Crippen molar-refractivity contribution in [1.29, 1.82) is 0 Å². The summed E-state index contributed by atoms with van der Waals surface area (Å²) in [5, 5.41) is 0. The lowest BCUT2D eigenvalue weighted by Crippen LogP contribution is -2.56. The van der Waals surface area contributed by atoms with Crippen LogP contribution in [0.1, 0.15) is 58.8 Å². The Bertz CT molecular complexity index is 309. The van der Waals surface area contributed by atoms with Crippen molar-refractivity contribution in [3.63, 3.8) is 0 Å². The first-order valence-electron chi connectivity index (χ1n) is 8.64. The SMILES string of the molecule is CCC1CCC(CN)(N(CC)CCCC(=O)N(C)C)CC1. The summed E-state index contributed by atoms with van der Waals surface area (Å²) in [5.41, 5.74) is 6.35. The number of hydrogen-bond acceptors (Lipinski definition) is 3. The lowest BCUT2D eigenvalue weighted by molar-refractivity contribution is -0.128. The van der Waals surface area contributed by atoms with Crippen molar-refractivity contribution in [3.8, 4) is 0 Å². The van der Waals surface area contributed by atoms with Crippen LogP contribution in [-0.4, -0.2) is 55.0 Å². The fraction of sp³-hybridized carbons (Fsp3) is 0.941. The first-order valence-corrected chi connectivity index (χ1v) is 8.64. The molecule has 0 aliphatic heterocycles. The minimum Gasteiger partial charge on any atom is -0.349 e. The number of amides is 1. The van der Waals surface area contributed by atoms with Gasteiger partial charge in [-0.2, -0.15) is 0 Å². The molecule has 21 heavy (non-hydrogen) atoms. The molecule has 0 unspecified atom stereocenters. The Labute approximate surface area is 131 Å². The number of likely N-dealkylation sites (N-methyl/N-ethyl adjacent to an activating group) is 1. The zero-order valence-electron chi connectivity index (χ0n) is 14.5. The van der Waals surface area contributed by atoms with E-state index in [0.29, 0.717) is 6.42 Å². The van der Waals surface area contributed by atoms with Crippen LogP contribution in [0.4, 0.5) is 0 Å². The molecule has 1 fully saturated rings. The van der Waals surface area contributed by atoms with Gasteiger partial charge in [-0.05, 0) is 51.1 Å². The fourth-order valence-electron chi connectivity index (χ4n) is 3.65. The van der Waals surface area contributed by atoms with E-state index in [4.69, 9.17) is 5.73 Å². The minimum absolute atomic E-state index is 0.182. The highest BCUT2D eigenvalue weighted by molar-refractivity contribution is 5.75. The van der Waals surface area contributed by atoms with Crippen LogP contribution in [-0.2, 0) is 4.79 Å². The Morgan fingerprint density at radius 2 is 1.86 bits per heavy atom. The molecule has 0 radical (unpaired) electrons. The van der Waals surface area contributed by atoms with Crippen LogP contribution in [0.5, 0.6) is 0 Å². The van der Waals surface area contributed by atoms with Crippen molar-refractivity contribution in [2.75, 3.05) is 33.7 Å². The molecule has 4 heteroatoms. The van der Waals surface area contributed by atoms with E-state index >= 15 is 0 Å². The molecule has 0 aromatic heterocycles. The molecule has 0 spiro atoms. The molecule has 0 aromatic rings. The Balaban J connectivity index is 2.54. The van der Waals surface area contributed by atoms with Gasteiger partial charge in [-0.1, -0.05) is 20.3 Å². The van der Waals surface area contributed by atoms with E-state index < -0.39 is 0 Å². The number of carbonyl (C=O) groups is 1. The molecule has 1 saturated carbocycles. The van der Waals surface area contributed by atoms with Gasteiger partial charge in [0.25, 0.3) is 0 Å². The lowest BCUT2D eigenvalue weighted by atomic mass is 9.74. The van der Waals surface area contributed by atoms with Gasteiger partial charge in [0.15, 0.2) is 0 Å². The van der Waals surface area contributed by atoms with Crippen LogP contribution in [0.2, 0.25) is 0 Å². The topological polar surface area (TPSA) is 49.6 Å². The lowest BCUT2D eigenvalue weighted by Gasteiger charge is -2.47. The summed E-state index contributed by atoms with van der Waals surface area (Å²) >= 11 is 0. The minimum atomic E-state index is 0.182. The van der Waals surface area contributed by atoms with Gasteiger partial charge in [0.1, 0.15) is 0 Å². The predicted molar refractivity (Wildman–Crippen MR) is 89.2 cm³/mol. The number of rotatable bonds is 8. The van der Waals surface area contributed by atoms with Crippen molar-refractivity contribution < 1.29 is 4.79 Å². The standard InChI is InChI=1S/C17H35N3O/c1-5-15-9-11-17(14-18,12-10-15)20(6-2)13-7-8-16(21)19(3)4/h15H,5-14,18H2,1-4H3. The molecule has 2 N–H and O–H groups in total. The third kappa shape index (κ3) is 4.96. The number of nitrogens with zero attached hydrogens (tertiary/aromatic N) is 2. The van der Waals surface area contributed by atoms with E-state index in [9.17, 15) is 4.79 Å². The molecule has 0 atom stereocenters. The van der Waals surface area contributed by atoms with E-state index in [0.717, 1.165) is 32.0 Å². The summed E-state index contributed by atoms with van der Waals surface area (Å²) in [5.74, 6) is 1.11. The van der Waals surface area contributed by atoms with Gasteiger partial charge < -0.3 is 10.6 Å². The van der Waals surface area contributed by atoms with Crippen molar-refractivity contribution >= 4 is 5.91 Å². The Morgan fingerprint density at radius 3 is 2.29 bits per heavy atom. The first kappa shape index (κ1) is 18.4. The van der Waals surface area contributed by atoms with Crippen LogP contribution in [0, 0.1) is 5.92 Å². The molecular formula is C17H35N3O. The maximum Gasteiger partial charge on any atom is 0.222 e. The van der Waals surface area contributed by atoms with Crippen LogP contribution >= 0.6 is 0 Å². The highest BCUT2D eigenvalue weighted by Gasteiger charge is 2.37. The maximum atomic E-state index is 11.7. The molecule has 1 aliphatic carbocycles. The molecule has 0 aromatic carbocycles. The summed E-state index contributed by atoms with van der Waals surface area (Å²) in [6.07, 6.45) is 7.92. The van der Waals surface area contributed by atoms with Crippen LogP contribution in [0.15, 0.2) is 0 Å². The summed E-state index contributed by atoms with van der Waals surface area (Å²) in [4.78, 5) is 15.9. The summed E-state index contributed by atoms with van der Waals surface area (Å²) < 4.78 is 0. The smallest absolute Gasteiger partial charge is 0.222 e. The van der Waals surface area contributed by atoms with E-state index in [2.05, 4.69) is 18.7 Å². The van der Waals surface area contributed by atoms with Gasteiger partial charge in [0.2, 0.25) is 5.91 Å². The average Bonchev–Trinajstić information content (AvgIpc) is 2.51. The quantitative estimate of drug-likeness (QED) is 0.749. The Kier molecular flexibility index (Phi) is 7.67. The van der Waals surface area contributed by atoms with Crippen molar-refractivity contribution in [2.24, 2.45) is 11.7 Å². The normalized spacial score (nSPS) is 26.1. The number of hydrogen-bond donors (Lipinski definition) is 1. The summed E-state index contributed by atoms with van der Waals surface area (Å²) in [7, 11) is 3.65. The largest absolute Gasteiger partial charge is 0.349 e. The number of carbonyl (C=O) groups excluding carboxylic acids is 1. The van der Waals surface area contributed by atoms with Crippen LogP contribution < -0.4 is 5.73 Å². The van der Waals surface area contributed by atoms with Gasteiger partial charge in [-0.15, -0.1) is 0 Å². The second-order valence-electron chi connectivity index (χ2n) is 6.75. The molecule has 0 saturated heterocycles. The van der Waals surface area contributed by atoms with Crippen molar-refractivity contribution in [3.05, 3.63) is 0 Å². The van der Waals surface area contributed by atoms with Gasteiger partial charge in [-0.25, -0.2) is 0 Å². The predicted octanol–water partition coefficient (Wildman–Crippen LogP) is 2.47. The third-order valence-corrected chi connectivity index (χ3v) is 5.36. The molecule has 1 aliphatic rings. The first-order chi connectivity index (χ1) is 9.99. The van der Waals surface area contributed by atoms with E-state index in [1.165, 1.54) is 32.1 Å². The second kappa shape index (κ2) is 8.74. The van der Waals surface area contributed by atoms with Gasteiger partial charge >= 0.3 is 0 Å². The molecular weight excluding hydrogens is 262 g/mol. The van der Waals surface area contributed by atoms with Crippen molar-refractivity contribution in [1.82, 2.24) is 9.80 Å². The van der Waals surface area contributed by atoms with Gasteiger partial charge in [0.05, 0.1) is 0 Å². The maximum absolute atomic E-state index is 11.7. The highest BCUT2D eigenvalue weighted by Crippen LogP contribution is 2.37. The fourth-order valence-corrected chi connectivity index (χ4v) is 3.65. The third-order valence-electron chi connectivity index (χ3n) is 5.36. The Hall–Kier alpha value is -0.610. The van der Waals surface area contributed by atoms with Crippen LogP contribution in [0.25, 0.3) is 0 Å². The molecule has 124 valence electrons. The molecule has 0 heterocycles. The highest BCUT2D eigenvalue weighted by atomic mass is 16.2. The molecule has 4 nitrogen and oxygen atoms in total. The molecule has 1 rings (SSSR count). The second-order valence-corrected chi connectivity index (χ2v) is 6.75. The van der Waals surface area contributed by atoms with E-state index in [1.807, 2.05) is 14.1 Å².